The van der Waals surface area contributed by atoms with Gasteiger partial charge in [-0.2, -0.15) is 0 Å². The van der Waals surface area contributed by atoms with E-state index in [0.717, 1.165) is 29.8 Å². The molecular formula is C12H15ClN4. The summed E-state index contributed by atoms with van der Waals surface area (Å²) >= 11 is 6.22. The predicted octanol–water partition coefficient (Wildman–Crippen LogP) is 2.76. The number of anilines is 1. The minimum atomic E-state index is 0.475. The third-order valence-electron chi connectivity index (χ3n) is 2.61. The molecule has 0 saturated heterocycles. The summed E-state index contributed by atoms with van der Waals surface area (Å²) in [4.78, 5) is 0. The molecule has 0 aliphatic carbocycles. The van der Waals surface area contributed by atoms with Crippen molar-refractivity contribution < 1.29 is 0 Å². The van der Waals surface area contributed by atoms with E-state index in [1.807, 2.05) is 25.1 Å². The molecule has 0 aliphatic rings. The van der Waals surface area contributed by atoms with Gasteiger partial charge < -0.3 is 5.73 Å². The molecule has 0 bridgehead atoms. The van der Waals surface area contributed by atoms with Crippen LogP contribution in [0.25, 0.3) is 5.69 Å². The van der Waals surface area contributed by atoms with Gasteiger partial charge in [0.05, 0.1) is 16.4 Å². The van der Waals surface area contributed by atoms with E-state index in [1.165, 1.54) is 0 Å². The van der Waals surface area contributed by atoms with Crippen LogP contribution < -0.4 is 5.73 Å². The number of aromatic nitrogens is 3. The van der Waals surface area contributed by atoms with Crippen molar-refractivity contribution in [1.29, 1.82) is 0 Å². The average molecular weight is 251 g/mol. The first kappa shape index (κ1) is 11.9. The summed E-state index contributed by atoms with van der Waals surface area (Å²) in [6.07, 6.45) is 1.82. The lowest BCUT2D eigenvalue weighted by Gasteiger charge is -2.08. The lowest BCUT2D eigenvalue weighted by molar-refractivity contribution is 0.745. The molecule has 0 atom stereocenters. The SMILES string of the molecule is CCCc1c(N)nnn1-c1ccc(C)cc1Cl. The van der Waals surface area contributed by atoms with Gasteiger partial charge in [-0.15, -0.1) is 5.10 Å². The lowest BCUT2D eigenvalue weighted by Crippen LogP contribution is -2.04. The second kappa shape index (κ2) is 4.75. The Morgan fingerprint density at radius 1 is 1.41 bits per heavy atom. The Morgan fingerprint density at radius 2 is 2.18 bits per heavy atom. The minimum absolute atomic E-state index is 0.475. The summed E-state index contributed by atoms with van der Waals surface area (Å²) in [5, 5.41) is 8.62. The number of benzene rings is 1. The first-order chi connectivity index (χ1) is 8.13. The van der Waals surface area contributed by atoms with E-state index >= 15 is 0 Å². The van der Waals surface area contributed by atoms with E-state index in [0.29, 0.717) is 10.8 Å². The molecule has 1 heterocycles. The van der Waals surface area contributed by atoms with Gasteiger partial charge in [-0.3, -0.25) is 0 Å². The normalized spacial score (nSPS) is 10.8. The van der Waals surface area contributed by atoms with Crippen molar-refractivity contribution in [2.24, 2.45) is 0 Å². The van der Waals surface area contributed by atoms with Crippen LogP contribution in [0.4, 0.5) is 5.82 Å². The molecule has 0 spiro atoms. The highest BCUT2D eigenvalue weighted by Crippen LogP contribution is 2.24. The van der Waals surface area contributed by atoms with Gasteiger partial charge >= 0.3 is 0 Å². The fraction of sp³-hybridized carbons (Fsp3) is 0.333. The van der Waals surface area contributed by atoms with Crippen LogP contribution in [0.2, 0.25) is 5.02 Å². The Balaban J connectivity index is 2.52. The molecule has 17 heavy (non-hydrogen) atoms. The maximum absolute atomic E-state index is 6.22. The summed E-state index contributed by atoms with van der Waals surface area (Å²) in [6, 6.07) is 5.84. The van der Waals surface area contributed by atoms with Gasteiger partial charge in [0.2, 0.25) is 0 Å². The highest BCUT2D eigenvalue weighted by molar-refractivity contribution is 6.32. The van der Waals surface area contributed by atoms with E-state index in [4.69, 9.17) is 17.3 Å². The number of aryl methyl sites for hydroxylation is 1. The zero-order valence-electron chi connectivity index (χ0n) is 9.94. The summed E-state index contributed by atoms with van der Waals surface area (Å²) in [5.41, 5.74) is 8.66. The number of hydrogen-bond donors (Lipinski definition) is 1. The number of rotatable bonds is 3. The molecule has 2 N–H and O–H groups in total. The molecule has 0 aliphatic heterocycles. The molecule has 0 amide bonds. The van der Waals surface area contributed by atoms with Crippen LogP contribution in [0.15, 0.2) is 18.2 Å². The molecule has 0 unspecified atom stereocenters. The third kappa shape index (κ3) is 2.26. The van der Waals surface area contributed by atoms with Crippen molar-refractivity contribution in [3.8, 4) is 5.69 Å². The van der Waals surface area contributed by atoms with Gasteiger partial charge in [-0.25, -0.2) is 4.68 Å². The van der Waals surface area contributed by atoms with Crippen molar-refractivity contribution >= 4 is 17.4 Å². The topological polar surface area (TPSA) is 56.7 Å². The quantitative estimate of drug-likeness (QED) is 0.911. The monoisotopic (exact) mass is 250 g/mol. The van der Waals surface area contributed by atoms with Gasteiger partial charge in [0, 0.05) is 0 Å². The van der Waals surface area contributed by atoms with E-state index in [9.17, 15) is 0 Å². The highest BCUT2D eigenvalue weighted by Gasteiger charge is 2.13. The molecule has 0 fully saturated rings. The van der Waals surface area contributed by atoms with Crippen LogP contribution in [-0.4, -0.2) is 15.0 Å². The van der Waals surface area contributed by atoms with Crippen LogP contribution >= 0.6 is 11.6 Å². The second-order valence-corrected chi connectivity index (χ2v) is 4.45. The zero-order valence-corrected chi connectivity index (χ0v) is 10.7. The largest absolute Gasteiger partial charge is 0.381 e. The molecular weight excluding hydrogens is 236 g/mol. The molecule has 1 aromatic heterocycles. The lowest BCUT2D eigenvalue weighted by atomic mass is 10.2. The number of nitrogen functional groups attached to an aromatic ring is 1. The van der Waals surface area contributed by atoms with Gasteiger partial charge in [0.1, 0.15) is 0 Å². The number of hydrogen-bond acceptors (Lipinski definition) is 3. The third-order valence-corrected chi connectivity index (χ3v) is 2.91. The first-order valence-corrected chi connectivity index (χ1v) is 5.98. The fourth-order valence-electron chi connectivity index (χ4n) is 1.76. The molecule has 0 radical (unpaired) electrons. The Bertz CT molecular complexity index is 533. The molecule has 1 aromatic carbocycles. The zero-order chi connectivity index (χ0) is 12.4. The maximum atomic E-state index is 6.22. The smallest absolute Gasteiger partial charge is 0.169 e. The van der Waals surface area contributed by atoms with Crippen molar-refractivity contribution in [2.45, 2.75) is 26.7 Å². The van der Waals surface area contributed by atoms with Gasteiger partial charge in [-0.1, -0.05) is 36.2 Å². The van der Waals surface area contributed by atoms with E-state index < -0.39 is 0 Å². The number of nitrogens with two attached hydrogens (primary N) is 1. The Hall–Kier alpha value is -1.55. The number of halogens is 1. The maximum Gasteiger partial charge on any atom is 0.169 e. The van der Waals surface area contributed by atoms with Crippen molar-refractivity contribution in [3.63, 3.8) is 0 Å². The van der Waals surface area contributed by atoms with Gasteiger partial charge in [0.15, 0.2) is 5.82 Å². The minimum Gasteiger partial charge on any atom is -0.381 e. The Morgan fingerprint density at radius 3 is 2.82 bits per heavy atom. The molecule has 90 valence electrons. The average Bonchev–Trinajstić information content (AvgIpc) is 2.62. The van der Waals surface area contributed by atoms with Crippen molar-refractivity contribution in [2.75, 3.05) is 5.73 Å². The Labute approximate surface area is 105 Å². The molecule has 2 aromatic rings. The van der Waals surface area contributed by atoms with Gasteiger partial charge in [0.25, 0.3) is 0 Å². The van der Waals surface area contributed by atoms with Crippen LogP contribution in [-0.2, 0) is 6.42 Å². The second-order valence-electron chi connectivity index (χ2n) is 4.04. The molecule has 2 rings (SSSR count). The van der Waals surface area contributed by atoms with E-state index in [2.05, 4.69) is 17.2 Å². The molecule has 0 saturated carbocycles. The predicted molar refractivity (Wildman–Crippen MR) is 69.5 cm³/mol. The highest BCUT2D eigenvalue weighted by atomic mass is 35.5. The van der Waals surface area contributed by atoms with Gasteiger partial charge in [-0.05, 0) is 31.0 Å². The first-order valence-electron chi connectivity index (χ1n) is 5.60. The van der Waals surface area contributed by atoms with Crippen LogP contribution in [0.5, 0.6) is 0 Å². The molecule has 5 heteroatoms. The summed E-state index contributed by atoms with van der Waals surface area (Å²) in [6.45, 7) is 4.09. The summed E-state index contributed by atoms with van der Waals surface area (Å²) in [5.74, 6) is 0.475. The number of nitrogens with zero attached hydrogens (tertiary/aromatic N) is 3. The standard InChI is InChI=1S/C12H15ClN4/c1-3-4-11-12(14)15-16-17(11)10-6-5-8(2)7-9(10)13/h5-7H,3-4,14H2,1-2H3. The van der Waals surface area contributed by atoms with Crippen LogP contribution in [0.1, 0.15) is 24.6 Å². The van der Waals surface area contributed by atoms with E-state index in [1.54, 1.807) is 4.68 Å². The van der Waals surface area contributed by atoms with Crippen molar-refractivity contribution in [3.05, 3.63) is 34.5 Å². The van der Waals surface area contributed by atoms with E-state index in [-0.39, 0.29) is 0 Å². The summed E-state index contributed by atoms with van der Waals surface area (Å²) in [7, 11) is 0. The van der Waals surface area contributed by atoms with Crippen LogP contribution in [0, 0.1) is 6.92 Å². The summed E-state index contributed by atoms with van der Waals surface area (Å²) < 4.78 is 1.72. The van der Waals surface area contributed by atoms with Crippen molar-refractivity contribution in [1.82, 2.24) is 15.0 Å². The Kier molecular flexibility index (Phi) is 3.33. The van der Waals surface area contributed by atoms with Crippen LogP contribution in [0.3, 0.4) is 0 Å². The molecule has 4 nitrogen and oxygen atoms in total. The fourth-order valence-corrected chi connectivity index (χ4v) is 2.08.